The summed E-state index contributed by atoms with van der Waals surface area (Å²) in [5, 5.41) is 8.11. The number of amides is 1. The van der Waals surface area contributed by atoms with Crippen molar-refractivity contribution in [2.24, 2.45) is 5.92 Å². The molecular weight excluding hydrogens is 430 g/mol. The molecule has 1 saturated heterocycles. The summed E-state index contributed by atoms with van der Waals surface area (Å²) in [5.74, 6) is 0.550. The Labute approximate surface area is 197 Å². The molecule has 0 N–H and O–H groups in total. The van der Waals surface area contributed by atoms with E-state index in [1.165, 1.54) is 10.2 Å². The SMILES string of the molecule is C[C@H](C(=O)N1CCC(Cc2ccccc2)CC1)n1nc(-c2cccs2)c2ccccc2c1=O. The Morgan fingerprint density at radius 1 is 1.00 bits per heavy atom. The van der Waals surface area contributed by atoms with Crippen LogP contribution in [-0.2, 0) is 11.2 Å². The third-order valence-corrected chi connectivity index (χ3v) is 7.48. The minimum absolute atomic E-state index is 0.0322. The van der Waals surface area contributed by atoms with Gasteiger partial charge in [-0.3, -0.25) is 9.59 Å². The first-order valence-electron chi connectivity index (χ1n) is 11.5. The zero-order valence-corrected chi connectivity index (χ0v) is 19.5. The lowest BCUT2D eigenvalue weighted by molar-refractivity contribution is -0.136. The highest BCUT2D eigenvalue weighted by Gasteiger charge is 2.29. The highest BCUT2D eigenvalue weighted by atomic mass is 32.1. The molecule has 1 aliphatic heterocycles. The van der Waals surface area contributed by atoms with Gasteiger partial charge in [0.1, 0.15) is 11.7 Å². The van der Waals surface area contributed by atoms with Crippen molar-refractivity contribution in [2.75, 3.05) is 13.1 Å². The maximum Gasteiger partial charge on any atom is 0.275 e. The summed E-state index contributed by atoms with van der Waals surface area (Å²) in [6.07, 6.45) is 3.01. The van der Waals surface area contributed by atoms with E-state index in [2.05, 4.69) is 24.3 Å². The average molecular weight is 458 g/mol. The van der Waals surface area contributed by atoms with Crippen LogP contribution in [0.4, 0.5) is 0 Å². The van der Waals surface area contributed by atoms with Gasteiger partial charge in [0.15, 0.2) is 0 Å². The van der Waals surface area contributed by atoms with Gasteiger partial charge < -0.3 is 4.90 Å². The molecule has 1 atom stereocenters. The number of carbonyl (C=O) groups is 1. The van der Waals surface area contributed by atoms with Crippen LogP contribution in [0.5, 0.6) is 0 Å². The topological polar surface area (TPSA) is 55.2 Å². The van der Waals surface area contributed by atoms with Crippen molar-refractivity contribution in [2.45, 2.75) is 32.2 Å². The molecule has 0 saturated carbocycles. The van der Waals surface area contributed by atoms with Gasteiger partial charge in [0, 0.05) is 18.5 Å². The number of nitrogens with zero attached hydrogens (tertiary/aromatic N) is 3. The molecule has 4 aromatic rings. The summed E-state index contributed by atoms with van der Waals surface area (Å²) in [4.78, 5) is 29.5. The Morgan fingerprint density at radius 3 is 2.39 bits per heavy atom. The third-order valence-electron chi connectivity index (χ3n) is 6.60. The van der Waals surface area contributed by atoms with Gasteiger partial charge in [-0.15, -0.1) is 11.3 Å². The van der Waals surface area contributed by atoms with Gasteiger partial charge in [0.2, 0.25) is 5.91 Å². The maximum absolute atomic E-state index is 13.4. The third kappa shape index (κ3) is 4.35. The molecule has 2 aromatic carbocycles. The second-order valence-corrected chi connectivity index (χ2v) is 9.70. The van der Waals surface area contributed by atoms with Crippen LogP contribution in [0.2, 0.25) is 0 Å². The second kappa shape index (κ2) is 9.32. The Morgan fingerprint density at radius 2 is 1.70 bits per heavy atom. The number of piperidine rings is 1. The molecule has 168 valence electrons. The molecule has 0 radical (unpaired) electrons. The fourth-order valence-electron chi connectivity index (χ4n) is 4.74. The predicted molar refractivity (Wildman–Crippen MR) is 133 cm³/mol. The molecule has 2 aromatic heterocycles. The molecule has 0 bridgehead atoms. The van der Waals surface area contributed by atoms with Gasteiger partial charge in [-0.1, -0.05) is 54.6 Å². The normalized spacial score (nSPS) is 15.6. The number of hydrogen-bond donors (Lipinski definition) is 0. The molecule has 0 unspecified atom stereocenters. The van der Waals surface area contributed by atoms with Crippen LogP contribution in [0.1, 0.15) is 31.4 Å². The maximum atomic E-state index is 13.4. The number of thiophene rings is 1. The van der Waals surface area contributed by atoms with E-state index in [0.717, 1.165) is 48.3 Å². The van der Waals surface area contributed by atoms with Crippen LogP contribution in [0, 0.1) is 5.92 Å². The number of fused-ring (bicyclic) bond motifs is 1. The number of benzene rings is 2. The van der Waals surface area contributed by atoms with Gasteiger partial charge in [0.25, 0.3) is 5.56 Å². The van der Waals surface area contributed by atoms with Gasteiger partial charge in [-0.2, -0.15) is 5.10 Å². The molecular formula is C27H27N3O2S. The monoisotopic (exact) mass is 457 g/mol. The number of aromatic nitrogens is 2. The van der Waals surface area contributed by atoms with Crippen LogP contribution >= 0.6 is 11.3 Å². The number of carbonyl (C=O) groups excluding carboxylic acids is 1. The Balaban J connectivity index is 1.37. The zero-order valence-electron chi connectivity index (χ0n) is 18.7. The van der Waals surface area contributed by atoms with E-state index >= 15 is 0 Å². The van der Waals surface area contributed by atoms with Gasteiger partial charge in [-0.05, 0) is 55.2 Å². The Bertz CT molecular complexity index is 1310. The van der Waals surface area contributed by atoms with Crippen molar-refractivity contribution < 1.29 is 4.79 Å². The summed E-state index contributed by atoms with van der Waals surface area (Å²) in [6.45, 7) is 3.24. The Kier molecular flexibility index (Phi) is 6.09. The summed E-state index contributed by atoms with van der Waals surface area (Å²) >= 11 is 1.58. The molecule has 0 spiro atoms. The lowest BCUT2D eigenvalue weighted by Gasteiger charge is -2.33. The molecule has 1 amide bonds. The molecule has 33 heavy (non-hydrogen) atoms. The summed E-state index contributed by atoms with van der Waals surface area (Å²) in [7, 11) is 0. The molecule has 5 rings (SSSR count). The molecule has 0 aliphatic carbocycles. The average Bonchev–Trinajstić information content (AvgIpc) is 3.40. The molecule has 3 heterocycles. The van der Waals surface area contributed by atoms with Gasteiger partial charge >= 0.3 is 0 Å². The highest BCUT2D eigenvalue weighted by Crippen LogP contribution is 2.29. The Hall–Kier alpha value is -3.25. The van der Waals surface area contributed by atoms with Gasteiger partial charge in [-0.25, -0.2) is 4.68 Å². The first-order valence-corrected chi connectivity index (χ1v) is 12.4. The van der Waals surface area contributed by atoms with Crippen molar-refractivity contribution in [3.63, 3.8) is 0 Å². The largest absolute Gasteiger partial charge is 0.341 e. The number of likely N-dealkylation sites (tertiary alicyclic amines) is 1. The summed E-state index contributed by atoms with van der Waals surface area (Å²) in [6, 6.07) is 21.4. The number of rotatable bonds is 5. The summed E-state index contributed by atoms with van der Waals surface area (Å²) < 4.78 is 1.38. The van der Waals surface area contributed by atoms with Crippen LogP contribution < -0.4 is 5.56 Å². The molecule has 6 heteroatoms. The van der Waals surface area contributed by atoms with E-state index in [0.29, 0.717) is 11.3 Å². The molecule has 5 nitrogen and oxygen atoms in total. The van der Waals surface area contributed by atoms with Crippen molar-refractivity contribution in [3.05, 3.63) is 88.0 Å². The first kappa shape index (κ1) is 21.6. The van der Waals surface area contributed by atoms with Gasteiger partial charge in [0.05, 0.1) is 10.3 Å². The summed E-state index contributed by atoms with van der Waals surface area (Å²) in [5.41, 5.74) is 1.89. The van der Waals surface area contributed by atoms with E-state index < -0.39 is 6.04 Å². The van der Waals surface area contributed by atoms with E-state index in [4.69, 9.17) is 5.10 Å². The van der Waals surface area contributed by atoms with E-state index in [1.807, 2.05) is 52.7 Å². The lowest BCUT2D eigenvalue weighted by atomic mass is 9.90. The first-order chi connectivity index (χ1) is 16.1. The van der Waals surface area contributed by atoms with Crippen molar-refractivity contribution in [3.8, 4) is 10.6 Å². The smallest absolute Gasteiger partial charge is 0.275 e. The fraction of sp³-hybridized carbons (Fsp3) is 0.296. The van der Waals surface area contributed by atoms with Crippen LogP contribution in [-0.4, -0.2) is 33.7 Å². The van der Waals surface area contributed by atoms with E-state index in [-0.39, 0.29) is 11.5 Å². The van der Waals surface area contributed by atoms with Crippen LogP contribution in [0.15, 0.2) is 76.9 Å². The highest BCUT2D eigenvalue weighted by molar-refractivity contribution is 7.13. The number of hydrogen-bond acceptors (Lipinski definition) is 4. The quantitative estimate of drug-likeness (QED) is 0.416. The molecule has 1 aliphatic rings. The predicted octanol–water partition coefficient (Wildman–Crippen LogP) is 5.17. The van der Waals surface area contributed by atoms with Crippen LogP contribution in [0.3, 0.4) is 0 Å². The van der Waals surface area contributed by atoms with E-state index in [1.54, 1.807) is 18.3 Å². The fourth-order valence-corrected chi connectivity index (χ4v) is 5.46. The second-order valence-electron chi connectivity index (χ2n) is 8.76. The minimum atomic E-state index is -0.647. The van der Waals surface area contributed by atoms with Crippen molar-refractivity contribution in [1.29, 1.82) is 0 Å². The lowest BCUT2D eigenvalue weighted by Crippen LogP contribution is -2.44. The molecule has 1 fully saturated rings. The van der Waals surface area contributed by atoms with E-state index in [9.17, 15) is 9.59 Å². The standard InChI is InChI=1S/C27H27N3O2S/c1-19(26(31)29-15-13-21(14-16-29)18-20-8-3-2-4-9-20)30-27(32)23-11-6-5-10-22(23)25(28-30)24-12-7-17-33-24/h2-12,17,19,21H,13-16,18H2,1H3/t19-/m1/s1. The zero-order chi connectivity index (χ0) is 22.8. The van der Waals surface area contributed by atoms with Crippen molar-refractivity contribution in [1.82, 2.24) is 14.7 Å². The minimum Gasteiger partial charge on any atom is -0.341 e. The van der Waals surface area contributed by atoms with Crippen molar-refractivity contribution >= 4 is 28.0 Å². The van der Waals surface area contributed by atoms with Crippen LogP contribution in [0.25, 0.3) is 21.3 Å².